The summed E-state index contributed by atoms with van der Waals surface area (Å²) in [4.78, 5) is 9.48. The van der Waals surface area contributed by atoms with Gasteiger partial charge in [0.15, 0.2) is 5.75 Å². The van der Waals surface area contributed by atoms with Gasteiger partial charge in [0, 0.05) is 12.1 Å². The van der Waals surface area contributed by atoms with Crippen molar-refractivity contribution in [3.8, 4) is 11.5 Å². The molecule has 0 saturated heterocycles. The van der Waals surface area contributed by atoms with Crippen molar-refractivity contribution in [1.82, 2.24) is 0 Å². The van der Waals surface area contributed by atoms with E-state index in [4.69, 9.17) is 10.8 Å². The maximum atomic E-state index is 12.1. The van der Waals surface area contributed by atoms with Crippen LogP contribution in [-0.4, -0.2) is 21.3 Å². The smallest absolute Gasteiger partial charge is 0.390 e. The first kappa shape index (κ1) is 17.3. The third-order valence-electron chi connectivity index (χ3n) is 2.17. The summed E-state index contributed by atoms with van der Waals surface area (Å²) in [5, 5.41) is 28.8. The Hall–Kier alpha value is -1.74. The molecule has 0 bridgehead atoms. The summed E-state index contributed by atoms with van der Waals surface area (Å²) in [5.41, 5.74) is 4.05. The van der Waals surface area contributed by atoms with Crippen LogP contribution >= 0.6 is 12.4 Å². The molecular weight excluding hydrogens is 293 g/mol. The number of rotatable bonds is 3. The van der Waals surface area contributed by atoms with Crippen molar-refractivity contribution in [3.63, 3.8) is 0 Å². The molecule has 0 aliphatic heterocycles. The first-order chi connectivity index (χ1) is 8.11. The van der Waals surface area contributed by atoms with Crippen LogP contribution in [0.15, 0.2) is 12.1 Å². The van der Waals surface area contributed by atoms with Gasteiger partial charge in [-0.05, 0) is 11.6 Å². The van der Waals surface area contributed by atoms with Crippen LogP contribution < -0.4 is 5.73 Å². The number of aromatic hydroxyl groups is 2. The summed E-state index contributed by atoms with van der Waals surface area (Å²) in [5.74, 6) is -1.90. The Kier molecular flexibility index (Phi) is 5.39. The molecule has 1 rings (SSSR count). The highest BCUT2D eigenvalue weighted by Crippen LogP contribution is 2.39. The molecule has 0 heterocycles. The van der Waals surface area contributed by atoms with Gasteiger partial charge in [0.25, 0.3) is 0 Å². The minimum Gasteiger partial charge on any atom is -0.504 e. The van der Waals surface area contributed by atoms with E-state index in [2.05, 4.69) is 0 Å². The molecule has 19 heavy (non-hydrogen) atoms. The van der Waals surface area contributed by atoms with Crippen LogP contribution in [0.2, 0.25) is 0 Å². The molecule has 1 aromatic rings. The zero-order valence-corrected chi connectivity index (χ0v) is 10.0. The summed E-state index contributed by atoms with van der Waals surface area (Å²) >= 11 is 0. The van der Waals surface area contributed by atoms with E-state index in [0.717, 1.165) is 6.07 Å². The number of hydrogen-bond donors (Lipinski definition) is 3. The minimum absolute atomic E-state index is 0. The van der Waals surface area contributed by atoms with Gasteiger partial charge in [0.05, 0.1) is 11.3 Å². The van der Waals surface area contributed by atoms with Crippen LogP contribution in [0.5, 0.6) is 11.5 Å². The lowest BCUT2D eigenvalue weighted by atomic mass is 10.0. The maximum Gasteiger partial charge on any atom is 0.390 e. The van der Waals surface area contributed by atoms with Gasteiger partial charge in [0.1, 0.15) is 0 Å². The summed E-state index contributed by atoms with van der Waals surface area (Å²) in [7, 11) is 0. The van der Waals surface area contributed by atoms with Gasteiger partial charge in [-0.3, -0.25) is 10.1 Å². The number of phenolic OH excluding ortho intramolecular Hbond substituents is 2. The fourth-order valence-corrected chi connectivity index (χ4v) is 1.35. The molecule has 0 unspecified atom stereocenters. The quantitative estimate of drug-likeness (QED) is 0.451. The molecule has 6 nitrogen and oxygen atoms in total. The van der Waals surface area contributed by atoms with Crippen LogP contribution in [0.1, 0.15) is 18.0 Å². The maximum absolute atomic E-state index is 12.1. The summed E-state index contributed by atoms with van der Waals surface area (Å²) in [6.45, 7) is 0. The SMILES string of the molecule is Cl.N[C@H](CC(F)(F)F)c1cc(O)c(O)c([N+](=O)[O-])c1. The minimum atomic E-state index is -4.54. The molecule has 108 valence electrons. The summed E-state index contributed by atoms with van der Waals surface area (Å²) < 4.78 is 36.3. The zero-order chi connectivity index (χ0) is 14.1. The van der Waals surface area contributed by atoms with Crippen LogP contribution in [0.25, 0.3) is 0 Å². The zero-order valence-electron chi connectivity index (χ0n) is 9.22. The number of nitro groups is 1. The number of phenols is 2. The number of hydrogen-bond acceptors (Lipinski definition) is 5. The molecule has 4 N–H and O–H groups in total. The van der Waals surface area contributed by atoms with Crippen LogP contribution in [0.4, 0.5) is 18.9 Å². The van der Waals surface area contributed by atoms with Gasteiger partial charge >= 0.3 is 11.9 Å². The van der Waals surface area contributed by atoms with Crippen molar-refractivity contribution in [2.45, 2.75) is 18.6 Å². The molecule has 1 atom stereocenters. The number of nitro benzene ring substituents is 1. The lowest BCUT2D eigenvalue weighted by Gasteiger charge is -2.14. The number of halogens is 4. The first-order valence-corrected chi connectivity index (χ1v) is 4.64. The van der Waals surface area contributed by atoms with Crippen molar-refractivity contribution < 1.29 is 28.3 Å². The standard InChI is InChI=1S/C9H9F3N2O4.ClH/c10-9(11,12)3-5(13)4-1-6(14(17)18)8(16)7(15)2-4;/h1-2,5,15-16H,3,13H2;1H/t5-;/m1./s1. The van der Waals surface area contributed by atoms with E-state index in [1.165, 1.54) is 0 Å². The molecule has 0 amide bonds. The molecule has 0 spiro atoms. The van der Waals surface area contributed by atoms with Crippen molar-refractivity contribution in [3.05, 3.63) is 27.8 Å². The molecule has 0 radical (unpaired) electrons. The number of alkyl halides is 3. The predicted molar refractivity (Wildman–Crippen MR) is 61.3 cm³/mol. The molecule has 0 saturated carbocycles. The number of nitrogens with zero attached hydrogens (tertiary/aromatic N) is 1. The Balaban J connectivity index is 0.00000324. The Morgan fingerprint density at radius 3 is 2.32 bits per heavy atom. The van der Waals surface area contributed by atoms with E-state index in [1.54, 1.807) is 0 Å². The van der Waals surface area contributed by atoms with Crippen LogP contribution in [-0.2, 0) is 0 Å². The molecule has 0 aliphatic rings. The van der Waals surface area contributed by atoms with Gasteiger partial charge in [-0.2, -0.15) is 13.2 Å². The summed E-state index contributed by atoms with van der Waals surface area (Å²) in [6, 6.07) is -0.0975. The second-order valence-corrected chi connectivity index (χ2v) is 3.59. The van der Waals surface area contributed by atoms with Crippen LogP contribution in [0.3, 0.4) is 0 Å². The lowest BCUT2D eigenvalue weighted by molar-refractivity contribution is -0.386. The Morgan fingerprint density at radius 2 is 1.89 bits per heavy atom. The van der Waals surface area contributed by atoms with E-state index in [9.17, 15) is 28.4 Å². The molecule has 0 fully saturated rings. The molecule has 0 aromatic heterocycles. The Morgan fingerprint density at radius 1 is 1.37 bits per heavy atom. The van der Waals surface area contributed by atoms with Gasteiger partial charge in [-0.15, -0.1) is 12.4 Å². The van der Waals surface area contributed by atoms with Crippen molar-refractivity contribution in [2.24, 2.45) is 5.73 Å². The molecular formula is C9H10ClF3N2O4. The van der Waals surface area contributed by atoms with Gasteiger partial charge in [-0.25, -0.2) is 0 Å². The lowest BCUT2D eigenvalue weighted by Crippen LogP contribution is -2.20. The fourth-order valence-electron chi connectivity index (χ4n) is 1.35. The van der Waals surface area contributed by atoms with E-state index in [1.807, 2.05) is 0 Å². The van der Waals surface area contributed by atoms with Crippen molar-refractivity contribution >= 4 is 18.1 Å². The van der Waals surface area contributed by atoms with E-state index in [0.29, 0.717) is 6.07 Å². The molecule has 0 aliphatic carbocycles. The predicted octanol–water partition coefficient (Wildman–Crippen LogP) is 2.38. The third-order valence-corrected chi connectivity index (χ3v) is 2.17. The second kappa shape index (κ2) is 5.93. The highest BCUT2D eigenvalue weighted by Gasteiger charge is 2.32. The van der Waals surface area contributed by atoms with Crippen LogP contribution in [0, 0.1) is 10.1 Å². The first-order valence-electron chi connectivity index (χ1n) is 4.64. The normalized spacial score (nSPS) is 12.6. The van der Waals surface area contributed by atoms with Crippen molar-refractivity contribution in [2.75, 3.05) is 0 Å². The second-order valence-electron chi connectivity index (χ2n) is 3.59. The van der Waals surface area contributed by atoms with E-state index >= 15 is 0 Å². The van der Waals surface area contributed by atoms with E-state index in [-0.39, 0.29) is 18.0 Å². The van der Waals surface area contributed by atoms with E-state index < -0.39 is 40.7 Å². The number of nitrogens with two attached hydrogens (primary N) is 1. The number of benzene rings is 1. The average molecular weight is 303 g/mol. The largest absolute Gasteiger partial charge is 0.504 e. The Bertz CT molecular complexity index is 481. The van der Waals surface area contributed by atoms with Gasteiger partial charge < -0.3 is 15.9 Å². The van der Waals surface area contributed by atoms with Gasteiger partial charge in [-0.1, -0.05) is 0 Å². The summed E-state index contributed by atoms with van der Waals surface area (Å²) in [6.07, 6.45) is -5.93. The van der Waals surface area contributed by atoms with Gasteiger partial charge in [0.2, 0.25) is 5.75 Å². The highest BCUT2D eigenvalue weighted by atomic mass is 35.5. The highest BCUT2D eigenvalue weighted by molar-refractivity contribution is 5.85. The topological polar surface area (TPSA) is 110 Å². The Labute approximate surface area is 111 Å². The fraction of sp³-hybridized carbons (Fsp3) is 0.333. The van der Waals surface area contributed by atoms with Crippen molar-refractivity contribution in [1.29, 1.82) is 0 Å². The molecule has 10 heteroatoms. The third kappa shape index (κ3) is 4.45. The molecule has 1 aromatic carbocycles. The average Bonchev–Trinajstić information content (AvgIpc) is 2.18. The monoisotopic (exact) mass is 302 g/mol.